The molecule has 0 fully saturated rings. The Bertz CT molecular complexity index is 637. The minimum absolute atomic E-state index is 0.209. The molecule has 0 aliphatic rings. The summed E-state index contributed by atoms with van der Waals surface area (Å²) in [4.78, 5) is 11.9. The topological polar surface area (TPSA) is 34.9 Å². The van der Waals surface area contributed by atoms with Gasteiger partial charge in [0, 0.05) is 4.47 Å². The van der Waals surface area contributed by atoms with Gasteiger partial charge in [-0.25, -0.2) is 9.07 Å². The van der Waals surface area contributed by atoms with Crippen molar-refractivity contribution in [2.24, 2.45) is 0 Å². The van der Waals surface area contributed by atoms with E-state index in [1.807, 2.05) is 0 Å². The molecule has 0 atom stereocenters. The van der Waals surface area contributed by atoms with Crippen molar-refractivity contribution in [1.29, 1.82) is 0 Å². The molecule has 3 nitrogen and oxygen atoms in total. The fourth-order valence-electron chi connectivity index (χ4n) is 1.43. The molecular formula is C11H6Br3FN2O. The van der Waals surface area contributed by atoms with Crippen molar-refractivity contribution in [1.82, 2.24) is 9.78 Å². The second-order valence-corrected chi connectivity index (χ2v) is 6.11. The van der Waals surface area contributed by atoms with Crippen molar-refractivity contribution >= 4 is 47.8 Å². The van der Waals surface area contributed by atoms with Crippen molar-refractivity contribution in [3.63, 3.8) is 0 Å². The van der Waals surface area contributed by atoms with Gasteiger partial charge in [0.05, 0.1) is 17.2 Å². The number of hydrogen-bond acceptors (Lipinski definition) is 2. The molecule has 1 aromatic carbocycles. The van der Waals surface area contributed by atoms with Gasteiger partial charge in [0.1, 0.15) is 10.3 Å². The highest BCUT2D eigenvalue weighted by Crippen LogP contribution is 2.18. The van der Waals surface area contributed by atoms with E-state index in [1.165, 1.54) is 23.0 Å². The van der Waals surface area contributed by atoms with Crippen LogP contribution in [0.1, 0.15) is 5.56 Å². The molecule has 0 saturated carbocycles. The Balaban J connectivity index is 2.40. The van der Waals surface area contributed by atoms with Crippen LogP contribution in [0.25, 0.3) is 0 Å². The summed E-state index contributed by atoms with van der Waals surface area (Å²) in [7, 11) is 0. The van der Waals surface area contributed by atoms with Crippen molar-refractivity contribution in [3.05, 3.63) is 59.5 Å². The average molecular weight is 441 g/mol. The van der Waals surface area contributed by atoms with Crippen LogP contribution in [0, 0.1) is 5.82 Å². The molecule has 94 valence electrons. The second-order valence-electron chi connectivity index (χ2n) is 3.55. The minimum Gasteiger partial charge on any atom is -0.266 e. The SMILES string of the molecule is O=c1c(Br)c(Br)cnn1Cc1cc(F)cc(Br)c1. The van der Waals surface area contributed by atoms with Gasteiger partial charge >= 0.3 is 0 Å². The van der Waals surface area contributed by atoms with Crippen LogP contribution in [0.3, 0.4) is 0 Å². The maximum Gasteiger partial charge on any atom is 0.282 e. The van der Waals surface area contributed by atoms with Gasteiger partial charge in [-0.2, -0.15) is 5.10 Å². The van der Waals surface area contributed by atoms with Crippen molar-refractivity contribution in [3.8, 4) is 0 Å². The maximum absolute atomic E-state index is 13.2. The van der Waals surface area contributed by atoms with Gasteiger partial charge in [-0.1, -0.05) is 15.9 Å². The zero-order valence-electron chi connectivity index (χ0n) is 8.83. The molecule has 0 spiro atoms. The molecule has 1 heterocycles. The number of hydrogen-bond donors (Lipinski definition) is 0. The van der Waals surface area contributed by atoms with Gasteiger partial charge < -0.3 is 0 Å². The number of nitrogens with zero attached hydrogens (tertiary/aromatic N) is 2. The molecule has 2 aromatic rings. The summed E-state index contributed by atoms with van der Waals surface area (Å²) < 4.78 is 16.1. The Morgan fingerprint density at radius 2 is 1.94 bits per heavy atom. The van der Waals surface area contributed by atoms with E-state index in [0.29, 0.717) is 19.0 Å². The second kappa shape index (κ2) is 5.63. The van der Waals surface area contributed by atoms with E-state index in [-0.39, 0.29) is 17.9 Å². The lowest BCUT2D eigenvalue weighted by Crippen LogP contribution is -2.24. The van der Waals surface area contributed by atoms with Crippen LogP contribution in [0.2, 0.25) is 0 Å². The molecule has 0 bridgehead atoms. The lowest BCUT2D eigenvalue weighted by Gasteiger charge is -2.06. The smallest absolute Gasteiger partial charge is 0.266 e. The van der Waals surface area contributed by atoms with Gasteiger partial charge in [-0.05, 0) is 55.6 Å². The van der Waals surface area contributed by atoms with Gasteiger partial charge in [0.2, 0.25) is 0 Å². The highest BCUT2D eigenvalue weighted by atomic mass is 79.9. The molecule has 0 radical (unpaired) electrons. The molecule has 0 unspecified atom stereocenters. The van der Waals surface area contributed by atoms with Crippen molar-refractivity contribution in [2.75, 3.05) is 0 Å². The van der Waals surface area contributed by atoms with Gasteiger partial charge in [-0.3, -0.25) is 4.79 Å². The van der Waals surface area contributed by atoms with Crippen LogP contribution >= 0.6 is 47.8 Å². The number of aromatic nitrogens is 2. The van der Waals surface area contributed by atoms with E-state index in [1.54, 1.807) is 6.07 Å². The summed E-state index contributed by atoms with van der Waals surface area (Å²) >= 11 is 9.57. The highest BCUT2D eigenvalue weighted by molar-refractivity contribution is 9.13. The zero-order chi connectivity index (χ0) is 13.3. The van der Waals surface area contributed by atoms with E-state index in [0.717, 1.165) is 0 Å². The molecule has 1 aromatic heterocycles. The maximum atomic E-state index is 13.2. The van der Waals surface area contributed by atoms with Crippen LogP contribution in [0.4, 0.5) is 4.39 Å². The Morgan fingerprint density at radius 3 is 2.61 bits per heavy atom. The average Bonchev–Trinajstić information content (AvgIpc) is 2.29. The summed E-state index contributed by atoms with van der Waals surface area (Å²) in [5, 5.41) is 3.98. The summed E-state index contributed by atoms with van der Waals surface area (Å²) in [5.74, 6) is -0.358. The van der Waals surface area contributed by atoms with Crippen LogP contribution in [-0.4, -0.2) is 9.78 Å². The van der Waals surface area contributed by atoms with Crippen LogP contribution in [0.5, 0.6) is 0 Å². The summed E-state index contributed by atoms with van der Waals surface area (Å²) in [6, 6.07) is 4.47. The summed E-state index contributed by atoms with van der Waals surface area (Å²) in [6.07, 6.45) is 1.51. The highest BCUT2D eigenvalue weighted by Gasteiger charge is 2.08. The number of rotatable bonds is 2. The summed E-state index contributed by atoms with van der Waals surface area (Å²) in [6.45, 7) is 0.209. The Kier molecular flexibility index (Phi) is 4.34. The van der Waals surface area contributed by atoms with E-state index in [9.17, 15) is 9.18 Å². The molecule has 0 aliphatic heterocycles. The first-order valence-electron chi connectivity index (χ1n) is 4.83. The molecular weight excluding hydrogens is 435 g/mol. The van der Waals surface area contributed by atoms with Crippen LogP contribution in [-0.2, 0) is 6.54 Å². The lowest BCUT2D eigenvalue weighted by atomic mass is 10.2. The third-order valence-electron chi connectivity index (χ3n) is 2.20. The monoisotopic (exact) mass is 438 g/mol. The molecule has 0 aliphatic carbocycles. The number of halogens is 4. The predicted octanol–water partition coefficient (Wildman–Crippen LogP) is 3.72. The summed E-state index contributed by atoms with van der Waals surface area (Å²) in [5.41, 5.74) is 0.385. The quantitative estimate of drug-likeness (QED) is 0.713. The van der Waals surface area contributed by atoms with Crippen molar-refractivity contribution in [2.45, 2.75) is 6.54 Å². The van der Waals surface area contributed by atoms with Crippen molar-refractivity contribution < 1.29 is 4.39 Å². The minimum atomic E-state index is -0.358. The Hall–Kier alpha value is -0.530. The van der Waals surface area contributed by atoms with E-state index >= 15 is 0 Å². The molecule has 0 saturated heterocycles. The third kappa shape index (κ3) is 3.07. The van der Waals surface area contributed by atoms with Crippen LogP contribution < -0.4 is 5.56 Å². The first-order chi connectivity index (χ1) is 8.47. The van der Waals surface area contributed by atoms with Gasteiger partial charge in [-0.15, -0.1) is 0 Å². The molecule has 7 heteroatoms. The number of benzene rings is 1. The van der Waals surface area contributed by atoms with Crippen LogP contribution in [0.15, 0.2) is 42.6 Å². The van der Waals surface area contributed by atoms with Gasteiger partial charge in [0.15, 0.2) is 0 Å². The molecule has 2 rings (SSSR count). The molecule has 18 heavy (non-hydrogen) atoms. The molecule has 0 amide bonds. The third-order valence-corrected chi connectivity index (χ3v) is 4.55. The lowest BCUT2D eigenvalue weighted by molar-refractivity contribution is 0.607. The zero-order valence-corrected chi connectivity index (χ0v) is 13.6. The fraction of sp³-hybridized carbons (Fsp3) is 0.0909. The predicted molar refractivity (Wildman–Crippen MR) is 77.1 cm³/mol. The Labute approximate surface area is 127 Å². The Morgan fingerprint density at radius 1 is 1.22 bits per heavy atom. The first kappa shape index (κ1) is 13.9. The van der Waals surface area contributed by atoms with E-state index in [4.69, 9.17) is 0 Å². The standard InChI is InChI=1S/C11H6Br3FN2O/c12-7-1-6(2-8(15)3-7)5-17-11(18)10(14)9(13)4-16-17/h1-4H,5H2. The van der Waals surface area contributed by atoms with E-state index in [2.05, 4.69) is 52.9 Å². The molecule has 0 N–H and O–H groups in total. The fourth-order valence-corrected chi connectivity index (χ4v) is 2.51. The normalized spacial score (nSPS) is 10.7. The van der Waals surface area contributed by atoms with E-state index < -0.39 is 0 Å². The first-order valence-corrected chi connectivity index (χ1v) is 7.21. The largest absolute Gasteiger partial charge is 0.282 e. The van der Waals surface area contributed by atoms with Gasteiger partial charge in [0.25, 0.3) is 5.56 Å².